The van der Waals surface area contributed by atoms with E-state index in [-0.39, 0.29) is 29.5 Å². The van der Waals surface area contributed by atoms with Crippen molar-refractivity contribution in [1.29, 1.82) is 0 Å². The molecule has 0 spiro atoms. The number of aromatic nitrogens is 1. The molecule has 0 radical (unpaired) electrons. The van der Waals surface area contributed by atoms with Crippen LogP contribution in [0.1, 0.15) is 37.0 Å². The Morgan fingerprint density at radius 3 is 2.68 bits per heavy atom. The van der Waals surface area contributed by atoms with Crippen molar-refractivity contribution in [3.05, 3.63) is 36.0 Å². The molecule has 1 amide bonds. The summed E-state index contributed by atoms with van der Waals surface area (Å²) in [5.74, 6) is -0.855. The van der Waals surface area contributed by atoms with E-state index in [1.165, 1.54) is 0 Å². The van der Waals surface area contributed by atoms with E-state index >= 15 is 0 Å². The third kappa shape index (κ3) is 4.06. The number of hydrogen-bond acceptors (Lipinski definition) is 5. The van der Waals surface area contributed by atoms with Crippen molar-refractivity contribution in [2.75, 3.05) is 18.1 Å². The molecule has 1 fully saturated rings. The number of nitrogens with zero attached hydrogens (tertiary/aromatic N) is 2. The van der Waals surface area contributed by atoms with E-state index in [1.807, 2.05) is 49.7 Å². The van der Waals surface area contributed by atoms with Gasteiger partial charge in [-0.05, 0) is 25.8 Å². The number of carbonyl (C=O) groups excluding carboxylic acids is 2. The number of sulfone groups is 1. The molecule has 1 aromatic carbocycles. The van der Waals surface area contributed by atoms with E-state index in [4.69, 9.17) is 4.74 Å². The van der Waals surface area contributed by atoms with Crippen LogP contribution in [0.5, 0.6) is 0 Å². The average molecular weight is 407 g/mol. The fourth-order valence-electron chi connectivity index (χ4n) is 3.78. The van der Waals surface area contributed by atoms with Crippen LogP contribution >= 0.6 is 0 Å². The first-order chi connectivity index (χ1) is 13.2. The summed E-state index contributed by atoms with van der Waals surface area (Å²) in [5.41, 5.74) is 1.31. The van der Waals surface area contributed by atoms with Crippen molar-refractivity contribution in [2.24, 2.45) is 7.05 Å². The first-order valence-corrected chi connectivity index (χ1v) is 11.3. The van der Waals surface area contributed by atoms with E-state index in [0.717, 1.165) is 10.9 Å². The number of para-hydroxylation sites is 1. The zero-order valence-electron chi connectivity index (χ0n) is 16.4. The largest absolute Gasteiger partial charge is 0.452 e. The minimum Gasteiger partial charge on any atom is -0.452 e. The molecule has 0 aliphatic carbocycles. The summed E-state index contributed by atoms with van der Waals surface area (Å²) >= 11 is 0. The summed E-state index contributed by atoms with van der Waals surface area (Å²) in [7, 11) is -1.27. The molecule has 3 rings (SSSR count). The molecule has 2 heterocycles. The number of benzene rings is 1. The van der Waals surface area contributed by atoms with Crippen LogP contribution in [0.15, 0.2) is 30.5 Å². The summed E-state index contributed by atoms with van der Waals surface area (Å²) < 4.78 is 30.8. The van der Waals surface area contributed by atoms with Crippen molar-refractivity contribution in [2.45, 2.75) is 38.8 Å². The lowest BCUT2D eigenvalue weighted by atomic mass is 10.1. The molecule has 7 nitrogen and oxygen atoms in total. The van der Waals surface area contributed by atoms with Gasteiger partial charge in [0.1, 0.15) is 0 Å². The smallest absolute Gasteiger partial charge is 0.340 e. The average Bonchev–Trinajstić information content (AvgIpc) is 3.19. The Balaban J connectivity index is 1.72. The fourth-order valence-corrected chi connectivity index (χ4v) is 5.50. The molecule has 0 saturated carbocycles. The summed E-state index contributed by atoms with van der Waals surface area (Å²) in [6.07, 6.45) is 2.81. The van der Waals surface area contributed by atoms with Crippen LogP contribution in [-0.4, -0.2) is 60.0 Å². The van der Waals surface area contributed by atoms with E-state index in [2.05, 4.69) is 0 Å². The molecule has 1 aliphatic rings. The van der Waals surface area contributed by atoms with Crippen molar-refractivity contribution in [3.8, 4) is 0 Å². The van der Waals surface area contributed by atoms with E-state index in [0.29, 0.717) is 18.4 Å². The normalized spacial score (nSPS) is 19.5. The molecule has 1 saturated heterocycles. The highest BCUT2D eigenvalue weighted by molar-refractivity contribution is 7.91. The number of carbonyl (C=O) groups is 2. The van der Waals surface area contributed by atoms with Gasteiger partial charge in [0.05, 0.1) is 17.1 Å². The van der Waals surface area contributed by atoms with Crippen molar-refractivity contribution < 1.29 is 22.7 Å². The SMILES string of the molecule is CC[C@@H](C)N(C(=O)COC(=O)c1cn(C)c2ccccc12)[C@H]1CCS(=O)(=O)C1. The Hall–Kier alpha value is -2.35. The van der Waals surface area contributed by atoms with Gasteiger partial charge in [-0.3, -0.25) is 4.79 Å². The minimum atomic E-state index is -3.12. The van der Waals surface area contributed by atoms with E-state index in [1.54, 1.807) is 11.1 Å². The van der Waals surface area contributed by atoms with E-state index in [9.17, 15) is 18.0 Å². The van der Waals surface area contributed by atoms with Crippen LogP contribution in [0.4, 0.5) is 0 Å². The molecule has 0 bridgehead atoms. The zero-order valence-corrected chi connectivity index (χ0v) is 17.2. The van der Waals surface area contributed by atoms with Crippen molar-refractivity contribution in [3.63, 3.8) is 0 Å². The second kappa shape index (κ2) is 7.95. The van der Waals surface area contributed by atoms with Gasteiger partial charge in [-0.25, -0.2) is 13.2 Å². The molecule has 0 unspecified atom stereocenters. The quantitative estimate of drug-likeness (QED) is 0.686. The van der Waals surface area contributed by atoms with E-state index < -0.39 is 22.4 Å². The summed E-state index contributed by atoms with van der Waals surface area (Å²) in [5, 5.41) is 0.767. The Bertz CT molecular complexity index is 995. The van der Waals surface area contributed by atoms with Crippen LogP contribution in [0.2, 0.25) is 0 Å². The molecular formula is C20H26N2O5S. The Morgan fingerprint density at radius 1 is 1.32 bits per heavy atom. The number of hydrogen-bond donors (Lipinski definition) is 0. The Morgan fingerprint density at radius 2 is 2.04 bits per heavy atom. The lowest BCUT2D eigenvalue weighted by Crippen LogP contribution is -2.48. The maximum Gasteiger partial charge on any atom is 0.340 e. The van der Waals surface area contributed by atoms with Crippen LogP contribution in [0, 0.1) is 0 Å². The number of amides is 1. The third-order valence-corrected chi connectivity index (χ3v) is 7.15. The van der Waals surface area contributed by atoms with Gasteiger partial charge >= 0.3 is 5.97 Å². The molecule has 152 valence electrons. The highest BCUT2D eigenvalue weighted by Crippen LogP contribution is 2.23. The third-order valence-electron chi connectivity index (χ3n) is 5.40. The predicted octanol–water partition coefficient (Wildman–Crippen LogP) is 2.15. The maximum absolute atomic E-state index is 12.8. The van der Waals surface area contributed by atoms with Crippen molar-refractivity contribution in [1.82, 2.24) is 9.47 Å². The monoisotopic (exact) mass is 406 g/mol. The first kappa shape index (κ1) is 20.4. The van der Waals surface area contributed by atoms with Crippen molar-refractivity contribution >= 4 is 32.6 Å². The second-order valence-electron chi connectivity index (χ2n) is 7.36. The fraction of sp³-hybridized carbons (Fsp3) is 0.500. The van der Waals surface area contributed by atoms with Crippen LogP contribution < -0.4 is 0 Å². The molecule has 0 N–H and O–H groups in total. The predicted molar refractivity (Wildman–Crippen MR) is 107 cm³/mol. The Kier molecular flexibility index (Phi) is 5.79. The van der Waals surface area contributed by atoms with Gasteiger partial charge in [0.25, 0.3) is 5.91 Å². The molecule has 28 heavy (non-hydrogen) atoms. The van der Waals surface area contributed by atoms with Gasteiger partial charge in [-0.2, -0.15) is 0 Å². The molecule has 8 heteroatoms. The van der Waals surface area contributed by atoms with Gasteiger partial charge < -0.3 is 14.2 Å². The molecule has 2 atom stereocenters. The minimum absolute atomic E-state index is 0.0274. The Labute approximate surface area is 165 Å². The topological polar surface area (TPSA) is 85.7 Å². The molecule has 1 aromatic heterocycles. The molecule has 2 aromatic rings. The second-order valence-corrected chi connectivity index (χ2v) is 9.59. The van der Waals surface area contributed by atoms with Gasteiger partial charge in [0.2, 0.25) is 0 Å². The van der Waals surface area contributed by atoms with Gasteiger partial charge in [0.15, 0.2) is 16.4 Å². The standard InChI is InChI=1S/C20H26N2O5S/c1-4-14(2)22(15-9-10-28(25,26)13-15)19(23)12-27-20(24)17-11-21(3)18-8-6-5-7-16(17)18/h5-8,11,14-15H,4,9-10,12-13H2,1-3H3/t14-,15+/m1/s1. The molecular weight excluding hydrogens is 380 g/mol. The van der Waals surface area contributed by atoms with Gasteiger partial charge in [-0.15, -0.1) is 0 Å². The lowest BCUT2D eigenvalue weighted by molar-refractivity contribution is -0.138. The summed E-state index contributed by atoms with van der Waals surface area (Å²) in [6.45, 7) is 3.43. The summed E-state index contributed by atoms with van der Waals surface area (Å²) in [6, 6.07) is 6.99. The van der Waals surface area contributed by atoms with Gasteiger partial charge in [-0.1, -0.05) is 25.1 Å². The highest BCUT2D eigenvalue weighted by Gasteiger charge is 2.36. The van der Waals surface area contributed by atoms with Gasteiger partial charge in [0, 0.05) is 36.2 Å². The first-order valence-electron chi connectivity index (χ1n) is 9.46. The summed E-state index contributed by atoms with van der Waals surface area (Å²) in [4.78, 5) is 26.9. The maximum atomic E-state index is 12.8. The highest BCUT2D eigenvalue weighted by atomic mass is 32.2. The number of aryl methyl sites for hydroxylation is 1. The lowest BCUT2D eigenvalue weighted by Gasteiger charge is -2.33. The number of rotatable bonds is 6. The number of esters is 1. The van der Waals surface area contributed by atoms with Crippen LogP contribution in [0.3, 0.4) is 0 Å². The number of fused-ring (bicyclic) bond motifs is 1. The van der Waals surface area contributed by atoms with Crippen LogP contribution in [-0.2, 0) is 26.4 Å². The van der Waals surface area contributed by atoms with Crippen LogP contribution in [0.25, 0.3) is 10.9 Å². The molecule has 1 aliphatic heterocycles. The zero-order chi connectivity index (χ0) is 20.5. The number of ether oxygens (including phenoxy) is 1.